The highest BCUT2D eigenvalue weighted by atomic mass is 16.2. The van der Waals surface area contributed by atoms with E-state index in [2.05, 4.69) is 0 Å². The van der Waals surface area contributed by atoms with E-state index in [0.717, 1.165) is 0 Å². The molecule has 14 heavy (non-hydrogen) atoms. The lowest BCUT2D eigenvalue weighted by molar-refractivity contribution is -0.126. The fraction of sp³-hybridized carbons (Fsp3) is 0.700. The molecule has 0 aromatic carbocycles. The predicted octanol–water partition coefficient (Wildman–Crippen LogP) is 1.29. The van der Waals surface area contributed by atoms with Crippen molar-refractivity contribution in [1.82, 2.24) is 4.90 Å². The number of ketones is 2. The van der Waals surface area contributed by atoms with Crippen molar-refractivity contribution in [2.24, 2.45) is 0 Å². The molecule has 0 radical (unpaired) electrons. The maximum absolute atomic E-state index is 10.1. The normalized spacial score (nSPS) is 7.07. The summed E-state index contributed by atoms with van der Waals surface area (Å²) < 4.78 is 0. The highest BCUT2D eigenvalue weighted by Gasteiger charge is 1.87. The first kappa shape index (κ1) is 18.6. The Kier molecular flexibility index (Phi) is 15.7. The van der Waals surface area contributed by atoms with E-state index in [0.29, 0.717) is 0 Å². The number of amides is 1. The molecule has 4 heteroatoms. The van der Waals surface area contributed by atoms with Crippen molar-refractivity contribution in [3.8, 4) is 0 Å². The summed E-state index contributed by atoms with van der Waals surface area (Å²) in [6, 6.07) is 0. The zero-order chi connectivity index (χ0) is 12.3. The molecule has 0 aromatic rings. The maximum atomic E-state index is 10.1. The summed E-state index contributed by atoms with van der Waals surface area (Å²) in [5, 5.41) is 0. The molecule has 0 aliphatic carbocycles. The molecule has 4 nitrogen and oxygen atoms in total. The average Bonchev–Trinajstić information content (AvgIpc) is 1.83. The van der Waals surface area contributed by atoms with E-state index in [4.69, 9.17) is 0 Å². The third kappa shape index (κ3) is 132. The molecule has 0 saturated heterocycles. The minimum Gasteiger partial charge on any atom is -0.349 e. The van der Waals surface area contributed by atoms with Crippen LogP contribution in [0, 0.1) is 0 Å². The topological polar surface area (TPSA) is 54.5 Å². The Morgan fingerprint density at radius 2 is 0.786 bits per heavy atom. The number of nitrogens with zero attached hydrogens (tertiary/aromatic N) is 1. The summed E-state index contributed by atoms with van der Waals surface area (Å²) in [6.45, 7) is 7.64. The molecule has 1 amide bonds. The number of hydrogen-bond donors (Lipinski definition) is 0. The first-order valence-corrected chi connectivity index (χ1v) is 4.23. The lowest BCUT2D eigenvalue weighted by atomic mass is 10.6. The molecule has 0 rings (SSSR count). The number of carbonyl (C=O) groups excluding carboxylic acids is 3. The lowest BCUT2D eigenvalue weighted by Crippen LogP contribution is -2.17. The van der Waals surface area contributed by atoms with Gasteiger partial charge in [0.2, 0.25) is 5.91 Å². The monoisotopic (exact) mass is 203 g/mol. The van der Waals surface area contributed by atoms with Crippen molar-refractivity contribution >= 4 is 17.5 Å². The molecule has 0 heterocycles. The number of rotatable bonds is 0. The van der Waals surface area contributed by atoms with Gasteiger partial charge in [-0.05, 0) is 27.7 Å². The minimum atomic E-state index is 0.0926. The van der Waals surface area contributed by atoms with Crippen LogP contribution in [0.4, 0.5) is 0 Å². The van der Waals surface area contributed by atoms with Crippen molar-refractivity contribution in [2.45, 2.75) is 34.6 Å². The van der Waals surface area contributed by atoms with Crippen LogP contribution in [0.2, 0.25) is 0 Å². The van der Waals surface area contributed by atoms with Crippen LogP contribution in [0.1, 0.15) is 34.6 Å². The second-order valence-electron chi connectivity index (χ2n) is 3.23. The second-order valence-corrected chi connectivity index (χ2v) is 3.23. The van der Waals surface area contributed by atoms with Crippen LogP contribution in [0.5, 0.6) is 0 Å². The van der Waals surface area contributed by atoms with Gasteiger partial charge in [0.05, 0.1) is 0 Å². The van der Waals surface area contributed by atoms with Gasteiger partial charge in [0.15, 0.2) is 0 Å². The smallest absolute Gasteiger partial charge is 0.218 e. The predicted molar refractivity (Wildman–Crippen MR) is 57.1 cm³/mol. The third-order valence-electron chi connectivity index (χ3n) is 0.630. The van der Waals surface area contributed by atoms with Gasteiger partial charge in [-0.3, -0.25) is 4.79 Å². The maximum Gasteiger partial charge on any atom is 0.218 e. The van der Waals surface area contributed by atoms with Crippen LogP contribution in [0.15, 0.2) is 0 Å². The van der Waals surface area contributed by atoms with Gasteiger partial charge in [0, 0.05) is 21.0 Å². The van der Waals surface area contributed by atoms with Gasteiger partial charge in [-0.1, -0.05) is 0 Å². The first-order chi connectivity index (χ1) is 6.11. The zero-order valence-corrected chi connectivity index (χ0v) is 10.2. The molecule has 0 aliphatic rings. The average molecular weight is 203 g/mol. The van der Waals surface area contributed by atoms with Crippen LogP contribution < -0.4 is 0 Å². The molecule has 0 aliphatic heterocycles. The van der Waals surface area contributed by atoms with Crippen molar-refractivity contribution in [1.29, 1.82) is 0 Å². The van der Waals surface area contributed by atoms with Gasteiger partial charge in [-0.25, -0.2) is 0 Å². The van der Waals surface area contributed by atoms with E-state index < -0.39 is 0 Å². The summed E-state index contributed by atoms with van der Waals surface area (Å²) in [5.74, 6) is 0.426. The molecule has 0 spiro atoms. The summed E-state index contributed by atoms with van der Waals surface area (Å²) in [6.07, 6.45) is 0. The Morgan fingerprint density at radius 3 is 0.786 bits per heavy atom. The fourth-order valence-electron chi connectivity index (χ4n) is 0. The lowest BCUT2D eigenvalue weighted by Gasteiger charge is -2.02. The highest BCUT2D eigenvalue weighted by molar-refractivity contribution is 5.72. The van der Waals surface area contributed by atoms with Crippen LogP contribution in [0.25, 0.3) is 0 Å². The molecule has 0 atom stereocenters. The minimum absolute atomic E-state index is 0.0926. The van der Waals surface area contributed by atoms with Crippen molar-refractivity contribution in [3.05, 3.63) is 0 Å². The van der Waals surface area contributed by atoms with Crippen molar-refractivity contribution < 1.29 is 14.4 Å². The molecule has 0 saturated carbocycles. The Bertz CT molecular complexity index is 166. The van der Waals surface area contributed by atoms with Crippen LogP contribution >= 0.6 is 0 Å². The summed E-state index contributed by atoms with van der Waals surface area (Å²) in [7, 11) is 3.45. The highest BCUT2D eigenvalue weighted by Crippen LogP contribution is 1.69. The molecule has 0 bridgehead atoms. The standard InChI is InChI=1S/C4H9NO.2C3H6O/c1-4(6)5(2)3;2*1-3(2)4/h1-3H3;2*1-2H3. The van der Waals surface area contributed by atoms with E-state index in [-0.39, 0.29) is 17.5 Å². The first-order valence-electron chi connectivity index (χ1n) is 4.23. The molecule has 0 fully saturated rings. The Morgan fingerprint density at radius 1 is 0.714 bits per heavy atom. The Hall–Kier alpha value is -1.19. The van der Waals surface area contributed by atoms with Crippen molar-refractivity contribution in [3.63, 3.8) is 0 Å². The molecular weight excluding hydrogens is 182 g/mol. The molecule has 84 valence electrons. The third-order valence-corrected chi connectivity index (χ3v) is 0.630. The van der Waals surface area contributed by atoms with Crippen molar-refractivity contribution in [2.75, 3.05) is 14.1 Å². The van der Waals surface area contributed by atoms with Gasteiger partial charge in [0.25, 0.3) is 0 Å². The summed E-state index contributed by atoms with van der Waals surface area (Å²) in [5.41, 5.74) is 0. The summed E-state index contributed by atoms with van der Waals surface area (Å²) in [4.78, 5) is 30.5. The van der Waals surface area contributed by atoms with E-state index in [9.17, 15) is 14.4 Å². The van der Waals surface area contributed by atoms with Gasteiger partial charge in [0.1, 0.15) is 11.6 Å². The fourth-order valence-corrected chi connectivity index (χ4v) is 0. The number of carbonyl (C=O) groups is 3. The van der Waals surface area contributed by atoms with Crippen LogP contribution in [-0.4, -0.2) is 36.5 Å². The second kappa shape index (κ2) is 11.8. The molecule has 0 aromatic heterocycles. The van der Waals surface area contributed by atoms with Gasteiger partial charge < -0.3 is 14.5 Å². The van der Waals surface area contributed by atoms with Gasteiger partial charge in [-0.2, -0.15) is 0 Å². The molecule has 0 unspecified atom stereocenters. The number of hydrogen-bond acceptors (Lipinski definition) is 3. The largest absolute Gasteiger partial charge is 0.349 e. The van der Waals surface area contributed by atoms with E-state index in [1.165, 1.54) is 39.5 Å². The van der Waals surface area contributed by atoms with Crippen LogP contribution in [-0.2, 0) is 14.4 Å². The van der Waals surface area contributed by atoms with E-state index in [1.807, 2.05) is 0 Å². The number of Topliss-reactive ketones (excluding diaryl/α,β-unsaturated/α-hetero) is 2. The van der Waals surface area contributed by atoms with Gasteiger partial charge in [-0.15, -0.1) is 0 Å². The SMILES string of the molecule is CC(=O)N(C)C.CC(C)=O.CC(C)=O. The molecule has 0 N–H and O–H groups in total. The summed E-state index contributed by atoms with van der Waals surface area (Å²) >= 11 is 0. The quantitative estimate of drug-likeness (QED) is 0.596. The van der Waals surface area contributed by atoms with E-state index in [1.54, 1.807) is 14.1 Å². The molecular formula is C10H21NO3. The van der Waals surface area contributed by atoms with Gasteiger partial charge >= 0.3 is 0 Å². The zero-order valence-electron chi connectivity index (χ0n) is 10.2. The Balaban J connectivity index is -0.000000135. The Labute approximate surface area is 86.3 Å². The van der Waals surface area contributed by atoms with Crippen LogP contribution in [0.3, 0.4) is 0 Å². The van der Waals surface area contributed by atoms with E-state index >= 15 is 0 Å².